The number of hydrogen-bond donors (Lipinski definition) is 3. The Morgan fingerprint density at radius 3 is 2.41 bits per heavy atom. The molecule has 1 aliphatic rings. The molecule has 0 unspecified atom stereocenters. The highest BCUT2D eigenvalue weighted by molar-refractivity contribution is 5.87. The van der Waals surface area contributed by atoms with E-state index < -0.39 is 11.6 Å². The number of nitrogens with one attached hydrogen (secondary N) is 1. The Morgan fingerprint density at radius 2 is 1.94 bits per heavy atom. The van der Waals surface area contributed by atoms with Gasteiger partial charge in [0.15, 0.2) is 0 Å². The maximum Gasteiger partial charge on any atom is 0.335 e. The van der Waals surface area contributed by atoms with Gasteiger partial charge in [-0.2, -0.15) is 0 Å². The van der Waals surface area contributed by atoms with Gasteiger partial charge in [0, 0.05) is 13.1 Å². The molecule has 0 radical (unpaired) electrons. The first-order chi connectivity index (χ1) is 8.09. The van der Waals surface area contributed by atoms with Gasteiger partial charge < -0.3 is 15.5 Å². The third-order valence-electron chi connectivity index (χ3n) is 3.27. The van der Waals surface area contributed by atoms with Gasteiger partial charge in [0.25, 0.3) is 0 Å². The van der Waals surface area contributed by atoms with E-state index in [1.807, 2.05) is 0 Å². The highest BCUT2D eigenvalue weighted by atomic mass is 16.4. The maximum atomic E-state index is 10.7. The van der Waals surface area contributed by atoms with Gasteiger partial charge in [-0.05, 0) is 37.0 Å². The number of carboxylic acid groups (broad SMARTS) is 1. The smallest absolute Gasteiger partial charge is 0.335 e. The van der Waals surface area contributed by atoms with Crippen molar-refractivity contribution in [2.45, 2.75) is 31.4 Å². The molecule has 1 aromatic rings. The lowest BCUT2D eigenvalue weighted by Gasteiger charge is -2.36. The van der Waals surface area contributed by atoms with Crippen LogP contribution in [0.4, 0.5) is 0 Å². The van der Waals surface area contributed by atoms with Crippen LogP contribution in [0.1, 0.15) is 35.2 Å². The van der Waals surface area contributed by atoms with Crippen molar-refractivity contribution in [2.75, 3.05) is 6.54 Å². The Bertz CT molecular complexity index is 396. The average Bonchev–Trinajstić information content (AvgIpc) is 2.27. The number of carbonyl (C=O) groups is 1. The molecule has 0 amide bonds. The topological polar surface area (TPSA) is 69.6 Å². The van der Waals surface area contributed by atoms with Crippen LogP contribution in [0, 0.1) is 0 Å². The van der Waals surface area contributed by atoms with Gasteiger partial charge in [-0.25, -0.2) is 4.79 Å². The zero-order valence-corrected chi connectivity index (χ0v) is 9.65. The van der Waals surface area contributed by atoms with Crippen LogP contribution in [0.5, 0.6) is 0 Å². The van der Waals surface area contributed by atoms with Crippen LogP contribution in [0.25, 0.3) is 0 Å². The number of aliphatic hydroxyl groups is 1. The van der Waals surface area contributed by atoms with Gasteiger partial charge in [-0.3, -0.25) is 0 Å². The minimum absolute atomic E-state index is 0.298. The van der Waals surface area contributed by atoms with E-state index in [4.69, 9.17) is 5.11 Å². The first-order valence-corrected chi connectivity index (χ1v) is 5.84. The minimum Gasteiger partial charge on any atom is -0.478 e. The quantitative estimate of drug-likeness (QED) is 0.721. The number of hydrogen-bond acceptors (Lipinski definition) is 3. The summed E-state index contributed by atoms with van der Waals surface area (Å²) in [5.74, 6) is -0.909. The van der Waals surface area contributed by atoms with E-state index in [-0.39, 0.29) is 0 Å². The van der Waals surface area contributed by atoms with Crippen molar-refractivity contribution in [2.24, 2.45) is 0 Å². The van der Waals surface area contributed by atoms with Crippen molar-refractivity contribution in [3.05, 3.63) is 35.4 Å². The summed E-state index contributed by atoms with van der Waals surface area (Å²) in [4.78, 5) is 10.7. The van der Waals surface area contributed by atoms with Crippen LogP contribution in [0.15, 0.2) is 24.3 Å². The number of aromatic carboxylic acids is 1. The molecule has 0 bridgehead atoms. The van der Waals surface area contributed by atoms with E-state index in [1.54, 1.807) is 24.3 Å². The third-order valence-corrected chi connectivity index (χ3v) is 3.27. The van der Waals surface area contributed by atoms with Crippen molar-refractivity contribution in [3.8, 4) is 0 Å². The molecule has 1 saturated carbocycles. The zero-order chi connectivity index (χ0) is 12.3. The Hall–Kier alpha value is -1.39. The summed E-state index contributed by atoms with van der Waals surface area (Å²) in [6.07, 6.45) is 2.85. The van der Waals surface area contributed by atoms with E-state index in [0.717, 1.165) is 24.8 Å². The molecular formula is C13H17NO3. The average molecular weight is 235 g/mol. The highest BCUT2D eigenvalue weighted by Crippen LogP contribution is 2.30. The first-order valence-electron chi connectivity index (χ1n) is 5.84. The molecule has 92 valence electrons. The van der Waals surface area contributed by atoms with Gasteiger partial charge in [-0.15, -0.1) is 0 Å². The largest absolute Gasteiger partial charge is 0.478 e. The molecule has 0 atom stereocenters. The Morgan fingerprint density at radius 1 is 1.29 bits per heavy atom. The van der Waals surface area contributed by atoms with Crippen molar-refractivity contribution in [3.63, 3.8) is 0 Å². The van der Waals surface area contributed by atoms with Crippen LogP contribution >= 0.6 is 0 Å². The van der Waals surface area contributed by atoms with E-state index in [2.05, 4.69) is 5.32 Å². The molecule has 4 nitrogen and oxygen atoms in total. The van der Waals surface area contributed by atoms with Crippen LogP contribution in [0.2, 0.25) is 0 Å². The van der Waals surface area contributed by atoms with Crippen molar-refractivity contribution in [1.82, 2.24) is 5.32 Å². The molecule has 17 heavy (non-hydrogen) atoms. The SMILES string of the molecule is O=C(O)c1ccc(CNCC2(O)CCC2)cc1. The zero-order valence-electron chi connectivity index (χ0n) is 9.65. The van der Waals surface area contributed by atoms with Crippen LogP contribution in [-0.4, -0.2) is 28.3 Å². The highest BCUT2D eigenvalue weighted by Gasteiger charge is 2.33. The fourth-order valence-electron chi connectivity index (χ4n) is 1.97. The minimum atomic E-state index is -0.909. The van der Waals surface area contributed by atoms with Gasteiger partial charge in [0.2, 0.25) is 0 Å². The summed E-state index contributed by atoms with van der Waals surface area (Å²) >= 11 is 0. The lowest BCUT2D eigenvalue weighted by Crippen LogP contribution is -2.45. The molecule has 0 spiro atoms. The van der Waals surface area contributed by atoms with Gasteiger partial charge in [0.05, 0.1) is 11.2 Å². The molecule has 1 fully saturated rings. The summed E-state index contributed by atoms with van der Waals surface area (Å²) in [6.45, 7) is 1.26. The van der Waals surface area contributed by atoms with E-state index >= 15 is 0 Å². The monoisotopic (exact) mass is 235 g/mol. The van der Waals surface area contributed by atoms with Crippen LogP contribution < -0.4 is 5.32 Å². The second kappa shape index (κ2) is 4.85. The Kier molecular flexibility index (Phi) is 3.45. The standard InChI is InChI=1S/C13H17NO3/c15-12(16)11-4-2-10(3-5-11)8-14-9-13(17)6-1-7-13/h2-5,14,17H,1,6-9H2,(H,15,16). The summed E-state index contributed by atoms with van der Waals surface area (Å²) in [6, 6.07) is 6.78. The molecule has 1 aliphatic carbocycles. The van der Waals surface area contributed by atoms with E-state index in [0.29, 0.717) is 18.7 Å². The summed E-state index contributed by atoms with van der Waals surface area (Å²) in [5, 5.41) is 21.8. The third kappa shape index (κ3) is 3.05. The fourth-order valence-corrected chi connectivity index (χ4v) is 1.97. The van der Waals surface area contributed by atoms with E-state index in [1.165, 1.54) is 0 Å². The number of carboxylic acids is 1. The Labute approximate surface area is 100 Å². The lowest BCUT2D eigenvalue weighted by atomic mass is 9.80. The first kappa shape index (κ1) is 12.1. The molecule has 0 aromatic heterocycles. The predicted octanol–water partition coefficient (Wildman–Crippen LogP) is 1.39. The summed E-state index contributed by atoms with van der Waals surface area (Å²) in [7, 11) is 0. The lowest BCUT2D eigenvalue weighted by molar-refractivity contribution is -0.0314. The molecule has 0 heterocycles. The van der Waals surface area contributed by atoms with Gasteiger partial charge >= 0.3 is 5.97 Å². The Balaban J connectivity index is 1.80. The summed E-state index contributed by atoms with van der Waals surface area (Å²) in [5.41, 5.74) is 0.811. The van der Waals surface area contributed by atoms with E-state index in [9.17, 15) is 9.90 Å². The molecule has 0 saturated heterocycles. The predicted molar refractivity (Wildman–Crippen MR) is 63.9 cm³/mol. The van der Waals surface area contributed by atoms with Crippen LogP contribution in [0.3, 0.4) is 0 Å². The number of rotatable bonds is 5. The molecule has 2 rings (SSSR count). The summed E-state index contributed by atoms with van der Waals surface area (Å²) < 4.78 is 0. The molecule has 4 heteroatoms. The molecular weight excluding hydrogens is 218 g/mol. The van der Waals surface area contributed by atoms with Crippen LogP contribution in [-0.2, 0) is 6.54 Å². The van der Waals surface area contributed by atoms with Crippen molar-refractivity contribution < 1.29 is 15.0 Å². The van der Waals surface area contributed by atoms with Crippen molar-refractivity contribution >= 4 is 5.97 Å². The van der Waals surface area contributed by atoms with Crippen molar-refractivity contribution in [1.29, 1.82) is 0 Å². The molecule has 0 aliphatic heterocycles. The fraction of sp³-hybridized carbons (Fsp3) is 0.462. The second-order valence-electron chi connectivity index (χ2n) is 4.68. The van der Waals surface area contributed by atoms with Gasteiger partial charge in [0.1, 0.15) is 0 Å². The molecule has 1 aromatic carbocycles. The van der Waals surface area contributed by atoms with Gasteiger partial charge in [-0.1, -0.05) is 12.1 Å². The number of benzene rings is 1. The normalized spacial score (nSPS) is 17.5. The molecule has 3 N–H and O–H groups in total. The second-order valence-corrected chi connectivity index (χ2v) is 4.68. The maximum absolute atomic E-state index is 10.7.